The predicted octanol–water partition coefficient (Wildman–Crippen LogP) is -2.06. The van der Waals surface area contributed by atoms with Crippen molar-refractivity contribution in [2.24, 2.45) is 5.73 Å². The van der Waals surface area contributed by atoms with Gasteiger partial charge in [0.2, 0.25) is 0 Å². The number of nitrogens with two attached hydrogens (primary N) is 1. The van der Waals surface area contributed by atoms with Gasteiger partial charge in [-0.05, 0) is 0 Å². The molecule has 5 nitrogen and oxygen atoms in total. The summed E-state index contributed by atoms with van der Waals surface area (Å²) in [7, 11) is 0. The Morgan fingerprint density at radius 1 is 1.15 bits per heavy atom. The van der Waals surface area contributed by atoms with Gasteiger partial charge in [0, 0.05) is 52.4 Å². The Kier molecular flexibility index (Phi) is 6.05. The molecule has 0 aromatic heterocycles. The van der Waals surface area contributed by atoms with Gasteiger partial charge in [-0.1, -0.05) is 0 Å². The van der Waals surface area contributed by atoms with Crippen molar-refractivity contribution in [3.8, 4) is 0 Å². The number of hydrazine groups is 1. The lowest BCUT2D eigenvalue weighted by Crippen LogP contribution is -2.51. The van der Waals surface area contributed by atoms with E-state index in [2.05, 4.69) is 21.1 Å². The Hall–Kier alpha value is -0.200. The molecule has 1 aliphatic heterocycles. The van der Waals surface area contributed by atoms with Gasteiger partial charge in [0.1, 0.15) is 0 Å². The summed E-state index contributed by atoms with van der Waals surface area (Å²) in [6.07, 6.45) is 0. The van der Waals surface area contributed by atoms with Gasteiger partial charge < -0.3 is 16.4 Å². The van der Waals surface area contributed by atoms with Crippen LogP contribution in [0, 0.1) is 0 Å². The second-order valence-corrected chi connectivity index (χ2v) is 3.18. The Balaban J connectivity index is 1.86. The average Bonchev–Trinajstić information content (AvgIpc) is 2.19. The zero-order valence-corrected chi connectivity index (χ0v) is 8.18. The Morgan fingerprint density at radius 2 is 1.92 bits per heavy atom. The van der Waals surface area contributed by atoms with E-state index >= 15 is 0 Å². The molecule has 1 fully saturated rings. The van der Waals surface area contributed by atoms with Gasteiger partial charge >= 0.3 is 0 Å². The monoisotopic (exact) mass is 187 g/mol. The van der Waals surface area contributed by atoms with Crippen LogP contribution >= 0.6 is 0 Å². The smallest absolute Gasteiger partial charge is 0.0256 e. The fraction of sp³-hybridized carbons (Fsp3) is 1.00. The highest BCUT2D eigenvalue weighted by Gasteiger charge is 2.06. The van der Waals surface area contributed by atoms with Crippen LogP contribution in [0.25, 0.3) is 0 Å². The molecule has 5 heteroatoms. The molecule has 1 saturated heterocycles. The molecule has 0 spiro atoms. The van der Waals surface area contributed by atoms with Crippen molar-refractivity contribution in [3.63, 3.8) is 0 Å². The van der Waals surface area contributed by atoms with E-state index in [1.54, 1.807) is 0 Å². The number of rotatable bonds is 6. The molecule has 0 radical (unpaired) electrons. The normalized spacial score (nSPS) is 19.2. The predicted molar refractivity (Wildman–Crippen MR) is 54.4 cm³/mol. The fourth-order valence-corrected chi connectivity index (χ4v) is 1.35. The Morgan fingerprint density at radius 3 is 2.62 bits per heavy atom. The maximum Gasteiger partial charge on any atom is 0.0256 e. The van der Waals surface area contributed by atoms with Gasteiger partial charge in [-0.2, -0.15) is 0 Å². The van der Waals surface area contributed by atoms with Crippen LogP contribution in [-0.4, -0.2) is 57.4 Å². The molecular weight excluding hydrogens is 166 g/mol. The standard InChI is InChI=1S/C8H21N5/c9-1-2-10-3-4-12-13-7-5-11-6-8-13/h10-12H,1-9H2. The molecule has 0 atom stereocenters. The van der Waals surface area contributed by atoms with Crippen LogP contribution in [0.5, 0.6) is 0 Å². The molecule has 0 saturated carbocycles. The summed E-state index contributed by atoms with van der Waals surface area (Å²) in [5, 5.41) is 8.82. The summed E-state index contributed by atoms with van der Waals surface area (Å²) in [6, 6.07) is 0. The molecule has 0 aromatic rings. The molecule has 13 heavy (non-hydrogen) atoms. The first-order chi connectivity index (χ1) is 6.43. The van der Waals surface area contributed by atoms with Crippen molar-refractivity contribution in [1.82, 2.24) is 21.1 Å². The minimum atomic E-state index is 0.716. The first-order valence-corrected chi connectivity index (χ1v) is 5.03. The van der Waals surface area contributed by atoms with Crippen molar-refractivity contribution in [2.75, 3.05) is 52.4 Å². The lowest BCUT2D eigenvalue weighted by molar-refractivity contribution is 0.165. The van der Waals surface area contributed by atoms with E-state index in [1.807, 2.05) is 0 Å². The number of nitrogens with zero attached hydrogens (tertiary/aromatic N) is 1. The first kappa shape index (κ1) is 10.9. The first-order valence-electron chi connectivity index (χ1n) is 5.03. The quantitative estimate of drug-likeness (QED) is 0.360. The molecule has 0 aromatic carbocycles. The van der Waals surface area contributed by atoms with Crippen LogP contribution in [0.2, 0.25) is 0 Å². The van der Waals surface area contributed by atoms with Crippen LogP contribution in [0.15, 0.2) is 0 Å². The Labute approximate surface area is 80.0 Å². The van der Waals surface area contributed by atoms with Gasteiger partial charge in [-0.15, -0.1) is 0 Å². The van der Waals surface area contributed by atoms with Crippen molar-refractivity contribution in [2.45, 2.75) is 0 Å². The third-order valence-corrected chi connectivity index (χ3v) is 2.08. The summed E-state index contributed by atoms with van der Waals surface area (Å²) in [4.78, 5) is 0. The number of hydrogen-bond acceptors (Lipinski definition) is 5. The van der Waals surface area contributed by atoms with Crippen LogP contribution in [0.3, 0.4) is 0 Å². The maximum absolute atomic E-state index is 5.35. The van der Waals surface area contributed by atoms with E-state index in [-0.39, 0.29) is 0 Å². The Bertz CT molecular complexity index is 113. The van der Waals surface area contributed by atoms with E-state index in [1.165, 1.54) is 0 Å². The largest absolute Gasteiger partial charge is 0.329 e. The van der Waals surface area contributed by atoms with Crippen molar-refractivity contribution >= 4 is 0 Å². The SMILES string of the molecule is NCCNCCNN1CCNCC1. The van der Waals surface area contributed by atoms with Gasteiger partial charge in [0.05, 0.1) is 0 Å². The highest BCUT2D eigenvalue weighted by Crippen LogP contribution is 1.84. The second kappa shape index (κ2) is 7.23. The van der Waals surface area contributed by atoms with Gasteiger partial charge in [-0.25, -0.2) is 5.01 Å². The molecule has 1 aliphatic rings. The molecule has 5 N–H and O–H groups in total. The fourth-order valence-electron chi connectivity index (χ4n) is 1.35. The summed E-state index contributed by atoms with van der Waals surface area (Å²) >= 11 is 0. The highest BCUT2D eigenvalue weighted by atomic mass is 15.5. The second-order valence-electron chi connectivity index (χ2n) is 3.18. The van der Waals surface area contributed by atoms with Crippen LogP contribution in [-0.2, 0) is 0 Å². The van der Waals surface area contributed by atoms with Gasteiger partial charge in [0.15, 0.2) is 0 Å². The molecular formula is C8H21N5. The summed E-state index contributed by atoms with van der Waals surface area (Å²) in [5.74, 6) is 0. The number of nitrogens with one attached hydrogen (secondary N) is 3. The van der Waals surface area contributed by atoms with E-state index in [9.17, 15) is 0 Å². The average molecular weight is 187 g/mol. The van der Waals surface area contributed by atoms with E-state index < -0.39 is 0 Å². The molecule has 78 valence electrons. The van der Waals surface area contributed by atoms with Gasteiger partial charge in [0.25, 0.3) is 0 Å². The molecule has 0 bridgehead atoms. The summed E-state index contributed by atoms with van der Waals surface area (Å²) in [6.45, 7) is 7.96. The number of piperazine rings is 1. The minimum Gasteiger partial charge on any atom is -0.329 e. The number of hydrogen-bond donors (Lipinski definition) is 4. The summed E-state index contributed by atoms with van der Waals surface area (Å²) in [5.41, 5.74) is 8.72. The summed E-state index contributed by atoms with van der Waals surface area (Å²) < 4.78 is 0. The third-order valence-electron chi connectivity index (χ3n) is 2.08. The molecule has 1 rings (SSSR count). The molecule has 0 aliphatic carbocycles. The van der Waals surface area contributed by atoms with Crippen LogP contribution in [0.1, 0.15) is 0 Å². The molecule has 1 heterocycles. The molecule has 0 unspecified atom stereocenters. The van der Waals surface area contributed by atoms with E-state index in [0.717, 1.165) is 45.8 Å². The topological polar surface area (TPSA) is 65.3 Å². The minimum absolute atomic E-state index is 0.716. The van der Waals surface area contributed by atoms with Crippen molar-refractivity contribution in [1.29, 1.82) is 0 Å². The highest BCUT2D eigenvalue weighted by molar-refractivity contribution is 4.64. The third kappa shape index (κ3) is 5.17. The van der Waals surface area contributed by atoms with Crippen molar-refractivity contribution in [3.05, 3.63) is 0 Å². The zero-order valence-electron chi connectivity index (χ0n) is 8.18. The van der Waals surface area contributed by atoms with Crippen LogP contribution < -0.4 is 21.8 Å². The zero-order chi connectivity index (χ0) is 9.36. The lowest BCUT2D eigenvalue weighted by atomic mass is 10.4. The van der Waals surface area contributed by atoms with E-state index in [4.69, 9.17) is 5.73 Å². The molecule has 0 amide bonds. The van der Waals surface area contributed by atoms with Crippen LogP contribution in [0.4, 0.5) is 0 Å². The lowest BCUT2D eigenvalue weighted by Gasteiger charge is -2.27. The van der Waals surface area contributed by atoms with Gasteiger partial charge in [-0.3, -0.25) is 5.43 Å². The maximum atomic E-state index is 5.35. The van der Waals surface area contributed by atoms with E-state index in [0.29, 0.717) is 6.54 Å². The van der Waals surface area contributed by atoms with Crippen molar-refractivity contribution < 1.29 is 0 Å².